The second-order valence-electron chi connectivity index (χ2n) is 6.14. The van der Waals surface area contributed by atoms with E-state index >= 15 is 0 Å². The number of carbonyl (C=O) groups excluding carboxylic acids is 2. The Morgan fingerprint density at radius 1 is 1.00 bits per heavy atom. The number of hydrogen-bond acceptors (Lipinski definition) is 4. The van der Waals surface area contributed by atoms with Crippen LogP contribution < -0.4 is 10.1 Å². The zero-order valence-corrected chi connectivity index (χ0v) is 14.1. The first-order valence-corrected chi connectivity index (χ1v) is 8.46. The number of hydrogen-bond donors (Lipinski definition) is 1. The van der Waals surface area contributed by atoms with Crippen LogP contribution in [0.5, 0.6) is 11.5 Å². The van der Waals surface area contributed by atoms with E-state index in [1.165, 1.54) is 0 Å². The van der Waals surface area contributed by atoms with Crippen LogP contribution in [0.4, 0.5) is 5.69 Å². The molecule has 130 valence electrons. The second kappa shape index (κ2) is 7.83. The number of benzene rings is 2. The maximum Gasteiger partial charge on any atom is 0.309 e. The average molecular weight is 339 g/mol. The minimum Gasteiger partial charge on any atom is -0.457 e. The summed E-state index contributed by atoms with van der Waals surface area (Å²) < 4.78 is 10.9. The Hall–Kier alpha value is -2.82. The molecule has 2 aromatic rings. The molecule has 2 aromatic carbocycles. The van der Waals surface area contributed by atoms with E-state index < -0.39 is 6.10 Å². The van der Waals surface area contributed by atoms with E-state index in [1.807, 2.05) is 30.3 Å². The summed E-state index contributed by atoms with van der Waals surface area (Å²) in [6.07, 6.45) is 1.96. The number of para-hydroxylation sites is 1. The maximum absolute atomic E-state index is 12.1. The fraction of sp³-hybridized carbons (Fsp3) is 0.300. The third-order valence-corrected chi connectivity index (χ3v) is 4.20. The highest BCUT2D eigenvalue weighted by Crippen LogP contribution is 2.28. The van der Waals surface area contributed by atoms with Crippen molar-refractivity contribution < 1.29 is 19.1 Å². The molecule has 1 fully saturated rings. The predicted molar refractivity (Wildman–Crippen MR) is 94.5 cm³/mol. The van der Waals surface area contributed by atoms with Gasteiger partial charge in [-0.15, -0.1) is 0 Å². The molecule has 0 heterocycles. The van der Waals surface area contributed by atoms with E-state index in [0.29, 0.717) is 11.4 Å². The first-order valence-electron chi connectivity index (χ1n) is 8.46. The van der Waals surface area contributed by atoms with Crippen molar-refractivity contribution in [2.24, 2.45) is 5.92 Å². The van der Waals surface area contributed by atoms with Gasteiger partial charge in [0.25, 0.3) is 5.91 Å². The average Bonchev–Trinajstić information content (AvgIpc) is 2.56. The molecule has 0 radical (unpaired) electrons. The largest absolute Gasteiger partial charge is 0.457 e. The molecular formula is C20H21NO4. The summed E-state index contributed by atoms with van der Waals surface area (Å²) in [4.78, 5) is 23.9. The van der Waals surface area contributed by atoms with Crippen LogP contribution in [-0.2, 0) is 14.3 Å². The Kier molecular flexibility index (Phi) is 5.33. The summed E-state index contributed by atoms with van der Waals surface area (Å²) >= 11 is 0. The lowest BCUT2D eigenvalue weighted by atomic mass is 9.86. The molecule has 5 nitrogen and oxygen atoms in total. The van der Waals surface area contributed by atoms with Gasteiger partial charge in [0.05, 0.1) is 5.92 Å². The standard InChI is InChI=1S/C20H21NO4/c1-14(24-20(23)15-6-5-7-15)19(22)21-16-10-12-18(13-11-16)25-17-8-3-2-4-9-17/h2-4,8-15H,5-7H2,1H3,(H,21,22). The SMILES string of the molecule is CC(OC(=O)C1CCC1)C(=O)Nc1ccc(Oc2ccccc2)cc1. The van der Waals surface area contributed by atoms with Crippen LogP contribution >= 0.6 is 0 Å². The van der Waals surface area contributed by atoms with Gasteiger partial charge in [0.2, 0.25) is 0 Å². The molecule has 1 aliphatic carbocycles. The van der Waals surface area contributed by atoms with Crippen LogP contribution in [0.3, 0.4) is 0 Å². The Morgan fingerprint density at radius 2 is 1.64 bits per heavy atom. The van der Waals surface area contributed by atoms with Gasteiger partial charge in [-0.05, 0) is 56.2 Å². The fourth-order valence-corrected chi connectivity index (χ4v) is 2.44. The summed E-state index contributed by atoms with van der Waals surface area (Å²) in [6.45, 7) is 1.58. The van der Waals surface area contributed by atoms with Crippen molar-refractivity contribution in [1.82, 2.24) is 0 Å². The number of nitrogens with one attached hydrogen (secondary N) is 1. The van der Waals surface area contributed by atoms with Crippen molar-refractivity contribution in [2.75, 3.05) is 5.32 Å². The van der Waals surface area contributed by atoms with Gasteiger partial charge >= 0.3 is 5.97 Å². The van der Waals surface area contributed by atoms with Gasteiger partial charge in [-0.3, -0.25) is 9.59 Å². The third-order valence-electron chi connectivity index (χ3n) is 4.20. The summed E-state index contributed by atoms with van der Waals surface area (Å²) in [5.41, 5.74) is 0.622. The van der Waals surface area contributed by atoms with Crippen LogP contribution in [0.25, 0.3) is 0 Å². The van der Waals surface area contributed by atoms with Crippen molar-refractivity contribution in [3.8, 4) is 11.5 Å². The number of anilines is 1. The topological polar surface area (TPSA) is 64.6 Å². The minimum atomic E-state index is -0.812. The zero-order chi connectivity index (χ0) is 17.6. The summed E-state index contributed by atoms with van der Waals surface area (Å²) in [5, 5.41) is 2.74. The lowest BCUT2D eigenvalue weighted by Gasteiger charge is -2.24. The van der Waals surface area contributed by atoms with Crippen molar-refractivity contribution in [3.63, 3.8) is 0 Å². The molecule has 5 heteroatoms. The Labute approximate surface area is 147 Å². The van der Waals surface area contributed by atoms with E-state index in [9.17, 15) is 9.59 Å². The monoisotopic (exact) mass is 339 g/mol. The van der Waals surface area contributed by atoms with E-state index in [1.54, 1.807) is 31.2 Å². The fourth-order valence-electron chi connectivity index (χ4n) is 2.44. The third kappa shape index (κ3) is 4.59. The minimum absolute atomic E-state index is 0.0373. The highest BCUT2D eigenvalue weighted by Gasteiger charge is 2.29. The molecular weight excluding hydrogens is 318 g/mol. The first-order chi connectivity index (χ1) is 12.1. The van der Waals surface area contributed by atoms with Crippen molar-refractivity contribution >= 4 is 17.6 Å². The Balaban J connectivity index is 1.51. The van der Waals surface area contributed by atoms with E-state index in [4.69, 9.17) is 9.47 Å². The zero-order valence-electron chi connectivity index (χ0n) is 14.1. The molecule has 0 bridgehead atoms. The van der Waals surface area contributed by atoms with Gasteiger partial charge in [0.15, 0.2) is 6.10 Å². The van der Waals surface area contributed by atoms with Gasteiger partial charge in [-0.2, -0.15) is 0 Å². The summed E-state index contributed by atoms with van der Waals surface area (Å²) in [5.74, 6) is 0.763. The maximum atomic E-state index is 12.1. The Bertz CT molecular complexity index is 723. The van der Waals surface area contributed by atoms with Crippen LogP contribution in [0, 0.1) is 5.92 Å². The highest BCUT2D eigenvalue weighted by molar-refractivity contribution is 5.95. The molecule has 0 spiro atoms. The lowest BCUT2D eigenvalue weighted by Crippen LogP contribution is -2.34. The molecule has 1 aliphatic rings. The van der Waals surface area contributed by atoms with Crippen LogP contribution in [0.2, 0.25) is 0 Å². The van der Waals surface area contributed by atoms with E-state index in [0.717, 1.165) is 25.0 Å². The molecule has 1 amide bonds. The molecule has 0 saturated heterocycles. The highest BCUT2D eigenvalue weighted by atomic mass is 16.5. The number of rotatable bonds is 6. The summed E-state index contributed by atoms with van der Waals surface area (Å²) in [6, 6.07) is 16.5. The lowest BCUT2D eigenvalue weighted by molar-refractivity contribution is -0.159. The van der Waals surface area contributed by atoms with Gasteiger partial charge < -0.3 is 14.8 Å². The van der Waals surface area contributed by atoms with Gasteiger partial charge in [0.1, 0.15) is 11.5 Å². The number of esters is 1. The van der Waals surface area contributed by atoms with E-state index in [2.05, 4.69) is 5.32 Å². The summed E-state index contributed by atoms with van der Waals surface area (Å²) in [7, 11) is 0. The number of carbonyl (C=O) groups is 2. The number of ether oxygens (including phenoxy) is 2. The van der Waals surface area contributed by atoms with Gasteiger partial charge in [-0.1, -0.05) is 24.6 Å². The first kappa shape index (κ1) is 17.0. The predicted octanol–water partition coefficient (Wildman–Crippen LogP) is 4.15. The number of amides is 1. The normalized spacial score (nSPS) is 14.9. The molecule has 1 N–H and O–H groups in total. The molecule has 0 aromatic heterocycles. The molecule has 0 aliphatic heterocycles. The van der Waals surface area contributed by atoms with Gasteiger partial charge in [-0.25, -0.2) is 0 Å². The van der Waals surface area contributed by atoms with Crippen LogP contribution in [0.1, 0.15) is 26.2 Å². The molecule has 1 saturated carbocycles. The molecule has 25 heavy (non-hydrogen) atoms. The second-order valence-corrected chi connectivity index (χ2v) is 6.14. The Morgan fingerprint density at radius 3 is 2.24 bits per heavy atom. The van der Waals surface area contributed by atoms with Crippen LogP contribution in [0.15, 0.2) is 54.6 Å². The quantitative estimate of drug-likeness (QED) is 0.803. The van der Waals surface area contributed by atoms with Crippen LogP contribution in [-0.4, -0.2) is 18.0 Å². The molecule has 1 atom stereocenters. The van der Waals surface area contributed by atoms with E-state index in [-0.39, 0.29) is 17.8 Å². The van der Waals surface area contributed by atoms with Gasteiger partial charge in [0, 0.05) is 5.69 Å². The molecule has 1 unspecified atom stereocenters. The van der Waals surface area contributed by atoms with Crippen molar-refractivity contribution in [1.29, 1.82) is 0 Å². The smallest absolute Gasteiger partial charge is 0.309 e. The van der Waals surface area contributed by atoms with Crippen molar-refractivity contribution in [2.45, 2.75) is 32.3 Å². The van der Waals surface area contributed by atoms with Crippen molar-refractivity contribution in [3.05, 3.63) is 54.6 Å². The molecule has 3 rings (SSSR count).